The lowest BCUT2D eigenvalue weighted by molar-refractivity contribution is -0.180. The van der Waals surface area contributed by atoms with Gasteiger partial charge in [0.1, 0.15) is 0 Å². The standard InChI is InChI=1S/C35H44N6O14/c1-18(2)15-24(29(36)44)52-40-33(48)28(19(3)4)54-37-30(45)20(5)51-38-31(46)25(17-27(42)43)53-39-32(47)26(16-21-11-7-6-8-12-21)55-41-34(49)22-13-9-10-14-23(22)35(41)50/h6-14,18-20,24-26,28H,15-17H2,1-5H3,(H2,36,44)(H,37,45)(H,38,46)(H,39,47)(H,40,48)(H,42,43)/t20-,24-,25-,26-,28-/m1/s1. The van der Waals surface area contributed by atoms with Gasteiger partial charge in [0, 0.05) is 6.42 Å². The van der Waals surface area contributed by atoms with Gasteiger partial charge in [-0.05, 0) is 42.9 Å². The lowest BCUT2D eigenvalue weighted by Crippen LogP contribution is -2.49. The Hall–Kier alpha value is -5.80. The highest BCUT2D eigenvalue weighted by Gasteiger charge is 2.40. The Bertz CT molecular complexity index is 1690. The Morgan fingerprint density at radius 1 is 0.673 bits per heavy atom. The van der Waals surface area contributed by atoms with Crippen LogP contribution < -0.4 is 27.7 Å². The highest BCUT2D eigenvalue weighted by molar-refractivity contribution is 6.20. The lowest BCUT2D eigenvalue weighted by atomic mass is 10.1. The first-order valence-electron chi connectivity index (χ1n) is 17.0. The third kappa shape index (κ3) is 12.9. The fraction of sp³-hybridized carbons (Fsp3) is 0.429. The molecule has 0 radical (unpaired) electrons. The van der Waals surface area contributed by atoms with Gasteiger partial charge in [0.15, 0.2) is 30.5 Å². The van der Waals surface area contributed by atoms with Crippen molar-refractivity contribution >= 4 is 47.3 Å². The van der Waals surface area contributed by atoms with E-state index >= 15 is 0 Å². The largest absolute Gasteiger partial charge is 0.481 e. The SMILES string of the molecule is CC(C)C[C@@H](ONC(=O)[C@H](ONC(=O)[C@@H](C)ONC(=O)[C@@H](CC(=O)O)ONC(=O)[C@@H](Cc1ccccc1)ON1C(=O)c2ccccc2C1=O)C(C)C)C(N)=O. The molecular formula is C35H44N6O14. The van der Waals surface area contributed by atoms with Crippen LogP contribution in [-0.4, -0.2) is 88.0 Å². The number of hydrogen-bond donors (Lipinski definition) is 6. The molecule has 1 aliphatic rings. The summed E-state index contributed by atoms with van der Waals surface area (Å²) in [4.78, 5) is 127. The maximum absolute atomic E-state index is 13.3. The minimum absolute atomic E-state index is 0.0229. The second kappa shape index (κ2) is 20.6. The molecule has 0 spiro atoms. The number of hydrogen-bond acceptors (Lipinski definition) is 13. The topological polar surface area (TPSA) is 280 Å². The van der Waals surface area contributed by atoms with Crippen LogP contribution >= 0.6 is 0 Å². The van der Waals surface area contributed by atoms with Crippen molar-refractivity contribution in [1.29, 1.82) is 0 Å². The van der Waals surface area contributed by atoms with Gasteiger partial charge in [-0.1, -0.05) is 70.2 Å². The Morgan fingerprint density at radius 2 is 1.18 bits per heavy atom. The van der Waals surface area contributed by atoms with Crippen molar-refractivity contribution in [3.63, 3.8) is 0 Å². The molecule has 0 saturated heterocycles. The van der Waals surface area contributed by atoms with Crippen LogP contribution in [0, 0.1) is 11.8 Å². The number of nitrogens with two attached hydrogens (primary N) is 1. The van der Waals surface area contributed by atoms with Crippen LogP contribution in [0.4, 0.5) is 0 Å². The predicted molar refractivity (Wildman–Crippen MR) is 185 cm³/mol. The number of benzene rings is 2. The number of carboxylic acids is 1. The molecule has 1 heterocycles. The van der Waals surface area contributed by atoms with Gasteiger partial charge in [0.05, 0.1) is 17.5 Å². The third-order valence-corrected chi connectivity index (χ3v) is 7.66. The molecule has 1 aliphatic heterocycles. The summed E-state index contributed by atoms with van der Waals surface area (Å²) >= 11 is 0. The van der Waals surface area contributed by atoms with Crippen molar-refractivity contribution in [1.82, 2.24) is 27.0 Å². The van der Waals surface area contributed by atoms with Crippen molar-refractivity contribution < 1.29 is 67.7 Å². The fourth-order valence-electron chi connectivity index (χ4n) is 4.74. The van der Waals surface area contributed by atoms with E-state index in [-0.39, 0.29) is 29.9 Å². The molecule has 20 nitrogen and oxygen atoms in total. The molecule has 55 heavy (non-hydrogen) atoms. The van der Waals surface area contributed by atoms with Gasteiger partial charge in [-0.15, -0.1) is 5.06 Å². The average molecular weight is 773 g/mol. The Kier molecular flexibility index (Phi) is 16.3. The normalized spacial score (nSPS) is 15.1. The van der Waals surface area contributed by atoms with Gasteiger partial charge in [0.25, 0.3) is 35.4 Å². The third-order valence-electron chi connectivity index (χ3n) is 7.66. The molecule has 20 heteroatoms. The summed E-state index contributed by atoms with van der Waals surface area (Å²) in [5.41, 5.74) is 13.9. The Labute approximate surface area is 315 Å². The molecule has 0 aromatic heterocycles. The van der Waals surface area contributed by atoms with Crippen LogP contribution in [0.15, 0.2) is 54.6 Å². The van der Waals surface area contributed by atoms with E-state index in [4.69, 9.17) is 29.9 Å². The number of carbonyl (C=O) groups excluding carboxylic acids is 7. The highest BCUT2D eigenvalue weighted by atomic mass is 16.7. The summed E-state index contributed by atoms with van der Waals surface area (Å²) in [5, 5.41) is 9.81. The zero-order valence-corrected chi connectivity index (χ0v) is 30.6. The van der Waals surface area contributed by atoms with E-state index in [1.807, 2.05) is 30.3 Å². The lowest BCUT2D eigenvalue weighted by Gasteiger charge is -2.24. The minimum atomic E-state index is -1.93. The number of aliphatic carboxylic acids is 1. The highest BCUT2D eigenvalue weighted by Crippen LogP contribution is 2.24. The quantitative estimate of drug-likeness (QED) is 0.0688. The molecule has 0 fully saturated rings. The number of nitrogens with one attached hydrogen (secondary N) is 4. The molecule has 7 amide bonds. The smallest absolute Gasteiger partial charge is 0.306 e. The predicted octanol–water partition coefficient (Wildman–Crippen LogP) is 0.173. The zero-order valence-electron chi connectivity index (χ0n) is 30.6. The molecular weight excluding hydrogens is 728 g/mol. The summed E-state index contributed by atoms with van der Waals surface area (Å²) in [6.45, 7) is 8.01. The first kappa shape index (κ1) is 43.6. The maximum Gasteiger partial charge on any atom is 0.306 e. The molecule has 3 rings (SSSR count). The first-order chi connectivity index (χ1) is 26.0. The van der Waals surface area contributed by atoms with Crippen molar-refractivity contribution in [2.45, 2.75) is 84.4 Å². The van der Waals surface area contributed by atoms with Crippen LogP contribution in [0.2, 0.25) is 0 Å². The van der Waals surface area contributed by atoms with Crippen molar-refractivity contribution in [2.24, 2.45) is 17.6 Å². The van der Waals surface area contributed by atoms with Gasteiger partial charge < -0.3 is 10.8 Å². The summed E-state index contributed by atoms with van der Waals surface area (Å²) in [6.07, 6.45) is -8.40. The summed E-state index contributed by atoms with van der Waals surface area (Å²) in [7, 11) is 0. The monoisotopic (exact) mass is 772 g/mol. The van der Waals surface area contributed by atoms with E-state index in [0.717, 1.165) is 0 Å². The van der Waals surface area contributed by atoms with Gasteiger partial charge >= 0.3 is 5.97 Å². The van der Waals surface area contributed by atoms with E-state index in [0.29, 0.717) is 10.6 Å². The maximum atomic E-state index is 13.3. The number of amides is 7. The second-order valence-electron chi connectivity index (χ2n) is 13.0. The van der Waals surface area contributed by atoms with E-state index in [2.05, 4.69) is 5.48 Å². The molecule has 298 valence electrons. The average Bonchev–Trinajstić information content (AvgIpc) is 3.37. The summed E-state index contributed by atoms with van der Waals surface area (Å²) in [6, 6.07) is 14.3. The molecule has 2 aromatic carbocycles. The van der Waals surface area contributed by atoms with Crippen molar-refractivity contribution in [2.75, 3.05) is 0 Å². The van der Waals surface area contributed by atoms with E-state index in [1.165, 1.54) is 19.1 Å². The van der Waals surface area contributed by atoms with Gasteiger partial charge in [0.2, 0.25) is 5.91 Å². The van der Waals surface area contributed by atoms with Crippen LogP contribution in [0.1, 0.15) is 73.7 Å². The van der Waals surface area contributed by atoms with Crippen LogP contribution in [0.5, 0.6) is 0 Å². The molecule has 7 N–H and O–H groups in total. The number of fused-ring (bicyclic) bond motifs is 1. The van der Waals surface area contributed by atoms with Gasteiger partial charge in [-0.2, -0.15) is 0 Å². The zero-order chi connectivity index (χ0) is 40.8. The van der Waals surface area contributed by atoms with Gasteiger partial charge in [-0.25, -0.2) is 26.8 Å². The molecule has 0 aliphatic carbocycles. The minimum Gasteiger partial charge on any atom is -0.481 e. The molecule has 2 aromatic rings. The van der Waals surface area contributed by atoms with Gasteiger partial charge in [-0.3, -0.25) is 57.7 Å². The molecule has 5 atom stereocenters. The number of carboxylic acid groups (broad SMARTS) is 1. The fourth-order valence-corrected chi connectivity index (χ4v) is 4.74. The van der Waals surface area contributed by atoms with Crippen LogP contribution in [-0.2, 0) is 59.4 Å². The number of imide groups is 1. The van der Waals surface area contributed by atoms with E-state index in [1.54, 1.807) is 56.3 Å². The van der Waals surface area contributed by atoms with E-state index < -0.39 is 90.2 Å². The Balaban J connectivity index is 1.59. The Morgan fingerprint density at radius 3 is 1.73 bits per heavy atom. The number of nitrogens with zero attached hydrogens (tertiary/aromatic N) is 1. The summed E-state index contributed by atoms with van der Waals surface area (Å²) in [5.74, 6) is -8.62. The molecule has 0 unspecified atom stereocenters. The first-order valence-corrected chi connectivity index (χ1v) is 17.0. The number of carbonyl (C=O) groups is 8. The number of hydroxylamine groups is 6. The van der Waals surface area contributed by atoms with Crippen molar-refractivity contribution in [3.05, 3.63) is 71.3 Å². The second-order valence-corrected chi connectivity index (χ2v) is 13.0. The molecule has 0 saturated carbocycles. The summed E-state index contributed by atoms with van der Waals surface area (Å²) < 4.78 is 0. The molecule has 0 bridgehead atoms. The van der Waals surface area contributed by atoms with E-state index in [9.17, 15) is 43.5 Å². The van der Waals surface area contributed by atoms with Crippen LogP contribution in [0.25, 0.3) is 0 Å². The number of primary amides is 1. The van der Waals surface area contributed by atoms with Crippen LogP contribution in [0.3, 0.4) is 0 Å². The van der Waals surface area contributed by atoms with Crippen molar-refractivity contribution in [3.8, 4) is 0 Å². The number of rotatable bonds is 22.